The van der Waals surface area contributed by atoms with E-state index in [-0.39, 0.29) is 11.9 Å². The summed E-state index contributed by atoms with van der Waals surface area (Å²) < 4.78 is 0. The van der Waals surface area contributed by atoms with Crippen LogP contribution in [0.15, 0.2) is 54.6 Å². The fourth-order valence-corrected chi connectivity index (χ4v) is 3.42. The van der Waals surface area contributed by atoms with Crippen LogP contribution in [0.3, 0.4) is 0 Å². The van der Waals surface area contributed by atoms with Crippen LogP contribution in [0.25, 0.3) is 6.08 Å². The van der Waals surface area contributed by atoms with Gasteiger partial charge in [0, 0.05) is 31.8 Å². The number of carbonyl (C=O) groups excluding carboxylic acids is 1. The van der Waals surface area contributed by atoms with Gasteiger partial charge in [-0.25, -0.2) is 0 Å². The number of nitrogens with zero attached hydrogens (tertiary/aromatic N) is 1. The predicted octanol–water partition coefficient (Wildman–Crippen LogP) is 4.79. The first-order chi connectivity index (χ1) is 12.6. The van der Waals surface area contributed by atoms with Crippen molar-refractivity contribution in [1.29, 1.82) is 0 Å². The molecule has 1 aliphatic rings. The zero-order valence-electron chi connectivity index (χ0n) is 14.5. The highest BCUT2D eigenvalue weighted by molar-refractivity contribution is 6.42. The van der Waals surface area contributed by atoms with Crippen LogP contribution in [0.2, 0.25) is 10.0 Å². The molecule has 1 saturated heterocycles. The molecule has 0 aliphatic carbocycles. The minimum atomic E-state index is -0.0717. The molecule has 0 spiro atoms. The lowest BCUT2D eigenvalue weighted by atomic mass is 10.0. The van der Waals surface area contributed by atoms with E-state index >= 15 is 0 Å². The molecule has 26 heavy (non-hydrogen) atoms. The summed E-state index contributed by atoms with van der Waals surface area (Å²) in [4.78, 5) is 14.6. The summed E-state index contributed by atoms with van der Waals surface area (Å²) in [6.45, 7) is 2.96. The lowest BCUT2D eigenvalue weighted by molar-refractivity contribution is -0.117. The Labute approximate surface area is 164 Å². The van der Waals surface area contributed by atoms with E-state index in [2.05, 4.69) is 34.5 Å². The molecule has 3 rings (SSSR count). The maximum Gasteiger partial charge on any atom is 0.244 e. The number of rotatable bonds is 5. The van der Waals surface area contributed by atoms with E-state index in [1.54, 1.807) is 24.3 Å². The minimum absolute atomic E-state index is 0.0717. The second-order valence-electron chi connectivity index (χ2n) is 6.55. The standard InChI is InChI=1S/C21H22Cl2N2O/c22-19-8-6-16(14-20(19)23)7-9-21(26)24-18-10-12-25(13-11-18)15-17-4-2-1-3-5-17/h1-9,14,18H,10-13,15H2,(H,24,26)/b9-7+. The van der Waals surface area contributed by atoms with Crippen molar-refractivity contribution in [3.63, 3.8) is 0 Å². The molecule has 2 aromatic carbocycles. The number of hydrogen-bond donors (Lipinski definition) is 1. The Hall–Kier alpha value is -1.81. The van der Waals surface area contributed by atoms with Crippen LogP contribution in [-0.2, 0) is 11.3 Å². The fourth-order valence-electron chi connectivity index (χ4n) is 3.11. The monoisotopic (exact) mass is 388 g/mol. The first kappa shape index (κ1) is 19.0. The Balaban J connectivity index is 1.44. The third-order valence-electron chi connectivity index (χ3n) is 4.55. The summed E-state index contributed by atoms with van der Waals surface area (Å²) in [5.74, 6) is -0.0717. The molecule has 0 aromatic heterocycles. The summed E-state index contributed by atoms with van der Waals surface area (Å²) in [7, 11) is 0. The topological polar surface area (TPSA) is 32.3 Å². The van der Waals surface area contributed by atoms with Crippen molar-refractivity contribution in [1.82, 2.24) is 10.2 Å². The van der Waals surface area contributed by atoms with Gasteiger partial charge in [0.2, 0.25) is 5.91 Å². The fraction of sp³-hybridized carbons (Fsp3) is 0.286. The van der Waals surface area contributed by atoms with Crippen LogP contribution in [-0.4, -0.2) is 29.9 Å². The first-order valence-electron chi connectivity index (χ1n) is 8.80. The van der Waals surface area contributed by atoms with Gasteiger partial charge in [0.25, 0.3) is 0 Å². The number of amides is 1. The number of likely N-dealkylation sites (tertiary alicyclic amines) is 1. The molecular formula is C21H22Cl2N2O. The van der Waals surface area contributed by atoms with Gasteiger partial charge in [-0.1, -0.05) is 59.6 Å². The normalized spacial score (nSPS) is 16.1. The van der Waals surface area contributed by atoms with Crippen molar-refractivity contribution >= 4 is 35.2 Å². The van der Waals surface area contributed by atoms with E-state index in [0.29, 0.717) is 10.0 Å². The van der Waals surface area contributed by atoms with Gasteiger partial charge >= 0.3 is 0 Å². The minimum Gasteiger partial charge on any atom is -0.350 e. The van der Waals surface area contributed by atoms with Crippen molar-refractivity contribution in [3.8, 4) is 0 Å². The quantitative estimate of drug-likeness (QED) is 0.746. The summed E-state index contributed by atoms with van der Waals surface area (Å²) in [6, 6.07) is 16.0. The number of carbonyl (C=O) groups is 1. The Morgan fingerprint density at radius 3 is 2.50 bits per heavy atom. The SMILES string of the molecule is O=C(/C=C/c1ccc(Cl)c(Cl)c1)NC1CCN(Cc2ccccc2)CC1. The van der Waals surface area contributed by atoms with Gasteiger partial charge in [0.1, 0.15) is 0 Å². The average Bonchev–Trinajstić information content (AvgIpc) is 2.65. The molecule has 136 valence electrons. The zero-order valence-corrected chi connectivity index (χ0v) is 16.0. The van der Waals surface area contributed by atoms with Gasteiger partial charge in [-0.2, -0.15) is 0 Å². The highest BCUT2D eigenvalue weighted by atomic mass is 35.5. The molecule has 0 bridgehead atoms. The average molecular weight is 389 g/mol. The molecule has 0 radical (unpaired) electrons. The third-order valence-corrected chi connectivity index (χ3v) is 5.29. The third kappa shape index (κ3) is 5.60. The number of nitrogens with one attached hydrogen (secondary N) is 1. The Kier molecular flexibility index (Phi) is 6.73. The Morgan fingerprint density at radius 2 is 1.81 bits per heavy atom. The maximum atomic E-state index is 12.1. The van der Waals surface area contributed by atoms with Gasteiger partial charge in [-0.05, 0) is 42.2 Å². The molecule has 1 heterocycles. The molecule has 2 aromatic rings. The van der Waals surface area contributed by atoms with Crippen molar-refractivity contribution in [3.05, 3.63) is 75.8 Å². The first-order valence-corrected chi connectivity index (χ1v) is 9.55. The van der Waals surface area contributed by atoms with Gasteiger partial charge < -0.3 is 5.32 Å². The van der Waals surface area contributed by atoms with E-state index in [4.69, 9.17) is 23.2 Å². The summed E-state index contributed by atoms with van der Waals surface area (Å²) in [5, 5.41) is 4.08. The van der Waals surface area contributed by atoms with Crippen molar-refractivity contribution in [2.24, 2.45) is 0 Å². The number of halogens is 2. The van der Waals surface area contributed by atoms with Crippen molar-refractivity contribution < 1.29 is 4.79 Å². The summed E-state index contributed by atoms with van der Waals surface area (Å²) in [5.41, 5.74) is 2.19. The molecule has 3 nitrogen and oxygen atoms in total. The molecule has 0 saturated carbocycles. The van der Waals surface area contributed by atoms with Crippen LogP contribution >= 0.6 is 23.2 Å². The van der Waals surface area contributed by atoms with Crippen LogP contribution in [0, 0.1) is 0 Å². The Bertz CT molecular complexity index is 769. The van der Waals surface area contributed by atoms with Crippen LogP contribution < -0.4 is 5.32 Å². The van der Waals surface area contributed by atoms with E-state index in [1.165, 1.54) is 5.56 Å². The number of hydrogen-bond acceptors (Lipinski definition) is 2. The number of piperidine rings is 1. The van der Waals surface area contributed by atoms with Gasteiger partial charge in [-0.15, -0.1) is 0 Å². The second kappa shape index (κ2) is 9.22. The van der Waals surface area contributed by atoms with E-state index in [0.717, 1.165) is 38.0 Å². The lowest BCUT2D eigenvalue weighted by Gasteiger charge is -2.32. The van der Waals surface area contributed by atoms with Gasteiger partial charge in [0.15, 0.2) is 0 Å². The summed E-state index contributed by atoms with van der Waals surface area (Å²) >= 11 is 11.9. The maximum absolute atomic E-state index is 12.1. The molecule has 1 aliphatic heterocycles. The van der Waals surface area contributed by atoms with Crippen LogP contribution in [0.4, 0.5) is 0 Å². The highest BCUT2D eigenvalue weighted by Crippen LogP contribution is 2.23. The predicted molar refractivity (Wildman–Crippen MR) is 108 cm³/mol. The second-order valence-corrected chi connectivity index (χ2v) is 7.37. The van der Waals surface area contributed by atoms with E-state index in [1.807, 2.05) is 12.1 Å². The highest BCUT2D eigenvalue weighted by Gasteiger charge is 2.19. The zero-order chi connectivity index (χ0) is 18.4. The molecule has 1 N–H and O–H groups in total. The van der Waals surface area contributed by atoms with Crippen LogP contribution in [0.1, 0.15) is 24.0 Å². The van der Waals surface area contributed by atoms with Crippen molar-refractivity contribution in [2.45, 2.75) is 25.4 Å². The summed E-state index contributed by atoms with van der Waals surface area (Å²) in [6.07, 6.45) is 5.25. The van der Waals surface area contributed by atoms with Crippen LogP contribution in [0.5, 0.6) is 0 Å². The largest absolute Gasteiger partial charge is 0.350 e. The van der Waals surface area contributed by atoms with Gasteiger partial charge in [-0.3, -0.25) is 9.69 Å². The molecule has 1 fully saturated rings. The lowest BCUT2D eigenvalue weighted by Crippen LogP contribution is -2.43. The molecular weight excluding hydrogens is 367 g/mol. The molecule has 0 atom stereocenters. The molecule has 0 unspecified atom stereocenters. The number of benzene rings is 2. The molecule has 1 amide bonds. The molecule has 5 heteroatoms. The van der Waals surface area contributed by atoms with Crippen molar-refractivity contribution in [2.75, 3.05) is 13.1 Å². The smallest absolute Gasteiger partial charge is 0.244 e. The van der Waals surface area contributed by atoms with Gasteiger partial charge in [0.05, 0.1) is 10.0 Å². The Morgan fingerprint density at radius 1 is 1.08 bits per heavy atom. The van der Waals surface area contributed by atoms with E-state index < -0.39 is 0 Å². The van der Waals surface area contributed by atoms with E-state index in [9.17, 15) is 4.79 Å².